The third-order valence-electron chi connectivity index (χ3n) is 5.21. The minimum Gasteiger partial charge on any atom is -0.346 e. The van der Waals surface area contributed by atoms with Crippen LogP contribution in [0.15, 0.2) is 42.7 Å². The molecule has 2 aliphatic heterocycles. The standard InChI is InChI=1S/C19H20N6OS/c26-17(23-8-10-24(11-9-23)18-20-6-3-7-21-18)14-12-25(13-14)19-22-15-4-1-2-5-16(15)27-19/h1-7,14H,8-13H2. The predicted molar refractivity (Wildman–Crippen MR) is 106 cm³/mol. The van der Waals surface area contributed by atoms with Crippen LogP contribution >= 0.6 is 11.3 Å². The van der Waals surface area contributed by atoms with Gasteiger partial charge >= 0.3 is 0 Å². The molecule has 4 heterocycles. The zero-order valence-electron chi connectivity index (χ0n) is 14.9. The van der Waals surface area contributed by atoms with E-state index in [-0.39, 0.29) is 11.8 Å². The molecule has 2 aromatic heterocycles. The van der Waals surface area contributed by atoms with Gasteiger partial charge in [-0.05, 0) is 18.2 Å². The molecule has 7 nitrogen and oxygen atoms in total. The second kappa shape index (κ2) is 6.77. The number of carbonyl (C=O) groups is 1. The highest BCUT2D eigenvalue weighted by Gasteiger charge is 2.37. The van der Waals surface area contributed by atoms with Crippen LogP contribution in [0.3, 0.4) is 0 Å². The molecule has 5 rings (SSSR count). The maximum absolute atomic E-state index is 12.8. The molecule has 2 saturated heterocycles. The fraction of sp³-hybridized carbons (Fsp3) is 0.368. The number of fused-ring (bicyclic) bond motifs is 1. The number of piperazine rings is 1. The van der Waals surface area contributed by atoms with Crippen LogP contribution in [-0.4, -0.2) is 65.0 Å². The monoisotopic (exact) mass is 380 g/mol. The smallest absolute Gasteiger partial charge is 0.229 e. The zero-order valence-corrected chi connectivity index (χ0v) is 15.7. The summed E-state index contributed by atoms with van der Waals surface area (Å²) in [5.41, 5.74) is 1.03. The molecule has 0 saturated carbocycles. The summed E-state index contributed by atoms with van der Waals surface area (Å²) in [6, 6.07) is 9.99. The van der Waals surface area contributed by atoms with Crippen LogP contribution in [0.2, 0.25) is 0 Å². The Morgan fingerprint density at radius 1 is 0.963 bits per heavy atom. The summed E-state index contributed by atoms with van der Waals surface area (Å²) in [5, 5.41) is 1.02. The van der Waals surface area contributed by atoms with Crippen molar-refractivity contribution in [3.05, 3.63) is 42.7 Å². The molecule has 0 atom stereocenters. The fourth-order valence-electron chi connectivity index (χ4n) is 3.63. The summed E-state index contributed by atoms with van der Waals surface area (Å²) in [5.74, 6) is 1.09. The molecule has 2 aliphatic rings. The second-order valence-electron chi connectivity index (χ2n) is 6.93. The molecular weight excluding hydrogens is 360 g/mol. The Labute approximate surface area is 161 Å². The van der Waals surface area contributed by atoms with Crippen LogP contribution < -0.4 is 9.80 Å². The van der Waals surface area contributed by atoms with Gasteiger partial charge in [-0.15, -0.1) is 0 Å². The molecule has 0 bridgehead atoms. The number of carbonyl (C=O) groups excluding carboxylic acids is 1. The van der Waals surface area contributed by atoms with E-state index in [0.29, 0.717) is 0 Å². The molecular formula is C19H20N6OS. The molecule has 0 N–H and O–H groups in total. The normalized spacial score (nSPS) is 18.0. The summed E-state index contributed by atoms with van der Waals surface area (Å²) in [7, 11) is 0. The van der Waals surface area contributed by atoms with Crippen molar-refractivity contribution in [1.29, 1.82) is 0 Å². The lowest BCUT2D eigenvalue weighted by Gasteiger charge is -2.42. The molecule has 0 radical (unpaired) electrons. The SMILES string of the molecule is O=C(C1CN(c2nc3ccccc3s2)C1)N1CCN(c2ncccn2)CC1. The van der Waals surface area contributed by atoms with Gasteiger partial charge in [0.2, 0.25) is 11.9 Å². The minimum atomic E-state index is 0.0801. The van der Waals surface area contributed by atoms with E-state index >= 15 is 0 Å². The van der Waals surface area contributed by atoms with Gasteiger partial charge < -0.3 is 14.7 Å². The number of hydrogen-bond acceptors (Lipinski definition) is 7. The number of thiazole rings is 1. The van der Waals surface area contributed by atoms with Crippen LogP contribution in [-0.2, 0) is 4.79 Å². The summed E-state index contributed by atoms with van der Waals surface area (Å²) in [6.45, 7) is 4.55. The first-order valence-electron chi connectivity index (χ1n) is 9.19. The van der Waals surface area contributed by atoms with Crippen molar-refractivity contribution in [1.82, 2.24) is 19.9 Å². The number of aromatic nitrogens is 3. The number of para-hydroxylation sites is 1. The van der Waals surface area contributed by atoms with E-state index in [9.17, 15) is 4.79 Å². The lowest BCUT2D eigenvalue weighted by Crippen LogP contribution is -2.58. The van der Waals surface area contributed by atoms with Crippen molar-refractivity contribution in [2.45, 2.75) is 0 Å². The molecule has 27 heavy (non-hydrogen) atoms. The zero-order chi connectivity index (χ0) is 18.2. The van der Waals surface area contributed by atoms with Gasteiger partial charge in [-0.1, -0.05) is 23.5 Å². The van der Waals surface area contributed by atoms with Gasteiger partial charge in [-0.2, -0.15) is 0 Å². The van der Waals surface area contributed by atoms with Gasteiger partial charge in [0, 0.05) is 51.7 Å². The molecule has 8 heteroatoms. The Kier molecular flexibility index (Phi) is 4.12. The Morgan fingerprint density at radius 2 is 1.70 bits per heavy atom. The Bertz CT molecular complexity index is 914. The van der Waals surface area contributed by atoms with E-state index in [0.717, 1.165) is 55.9 Å². The van der Waals surface area contributed by atoms with Crippen LogP contribution in [0.1, 0.15) is 0 Å². The lowest BCUT2D eigenvalue weighted by molar-refractivity contribution is -0.136. The van der Waals surface area contributed by atoms with E-state index in [1.807, 2.05) is 29.2 Å². The Morgan fingerprint density at radius 3 is 2.44 bits per heavy atom. The molecule has 1 amide bonds. The van der Waals surface area contributed by atoms with Crippen LogP contribution in [0.4, 0.5) is 11.1 Å². The van der Waals surface area contributed by atoms with Crippen LogP contribution in [0, 0.1) is 5.92 Å². The summed E-state index contributed by atoms with van der Waals surface area (Å²) in [4.78, 5) is 32.4. The molecule has 0 aliphatic carbocycles. The predicted octanol–water partition coefficient (Wildman–Crippen LogP) is 1.87. The highest BCUT2D eigenvalue weighted by molar-refractivity contribution is 7.22. The number of hydrogen-bond donors (Lipinski definition) is 0. The van der Waals surface area contributed by atoms with Gasteiger partial charge in [-0.25, -0.2) is 15.0 Å². The maximum Gasteiger partial charge on any atom is 0.229 e. The first-order valence-corrected chi connectivity index (χ1v) is 10.0. The average Bonchev–Trinajstić information content (AvgIpc) is 3.11. The van der Waals surface area contributed by atoms with E-state index in [4.69, 9.17) is 0 Å². The first-order chi connectivity index (χ1) is 13.3. The summed E-state index contributed by atoms with van der Waals surface area (Å²) >= 11 is 1.70. The van der Waals surface area contributed by atoms with E-state index in [2.05, 4.69) is 30.8 Å². The second-order valence-corrected chi connectivity index (χ2v) is 7.94. The van der Waals surface area contributed by atoms with Gasteiger partial charge in [0.25, 0.3) is 0 Å². The van der Waals surface area contributed by atoms with Gasteiger partial charge in [0.05, 0.1) is 16.1 Å². The molecule has 2 fully saturated rings. The molecule has 0 unspecified atom stereocenters. The number of nitrogens with zero attached hydrogens (tertiary/aromatic N) is 6. The summed E-state index contributed by atoms with van der Waals surface area (Å²) < 4.78 is 1.20. The lowest BCUT2D eigenvalue weighted by atomic mass is 9.99. The van der Waals surface area contributed by atoms with Crippen molar-refractivity contribution in [2.24, 2.45) is 5.92 Å². The van der Waals surface area contributed by atoms with Crippen molar-refractivity contribution in [2.75, 3.05) is 49.1 Å². The highest BCUT2D eigenvalue weighted by Crippen LogP contribution is 2.33. The van der Waals surface area contributed by atoms with Crippen LogP contribution in [0.5, 0.6) is 0 Å². The summed E-state index contributed by atoms with van der Waals surface area (Å²) in [6.07, 6.45) is 3.51. The number of amides is 1. The molecule has 3 aromatic rings. The molecule has 138 valence electrons. The topological polar surface area (TPSA) is 65.5 Å². The third-order valence-corrected chi connectivity index (χ3v) is 6.31. The minimum absolute atomic E-state index is 0.0801. The van der Waals surface area contributed by atoms with Crippen molar-refractivity contribution >= 4 is 38.5 Å². The quantitative estimate of drug-likeness (QED) is 0.691. The van der Waals surface area contributed by atoms with Gasteiger partial charge in [0.1, 0.15) is 0 Å². The molecule has 1 aromatic carbocycles. The molecule has 0 spiro atoms. The number of benzene rings is 1. The maximum atomic E-state index is 12.8. The van der Waals surface area contributed by atoms with Crippen LogP contribution in [0.25, 0.3) is 10.2 Å². The van der Waals surface area contributed by atoms with Crippen molar-refractivity contribution < 1.29 is 4.79 Å². The van der Waals surface area contributed by atoms with E-state index in [1.54, 1.807) is 23.7 Å². The van der Waals surface area contributed by atoms with Crippen molar-refractivity contribution in [3.63, 3.8) is 0 Å². The number of anilines is 2. The first kappa shape index (κ1) is 16.4. The van der Waals surface area contributed by atoms with Gasteiger partial charge in [-0.3, -0.25) is 4.79 Å². The van der Waals surface area contributed by atoms with E-state index in [1.165, 1.54) is 4.70 Å². The van der Waals surface area contributed by atoms with Gasteiger partial charge in [0.15, 0.2) is 5.13 Å². The van der Waals surface area contributed by atoms with Crippen molar-refractivity contribution in [3.8, 4) is 0 Å². The van der Waals surface area contributed by atoms with E-state index < -0.39 is 0 Å². The largest absolute Gasteiger partial charge is 0.346 e. The Balaban J connectivity index is 1.16. The highest BCUT2D eigenvalue weighted by atomic mass is 32.1. The fourth-order valence-corrected chi connectivity index (χ4v) is 4.61. The third kappa shape index (κ3) is 3.10. The number of rotatable bonds is 3. The Hall–Kier alpha value is -2.74. The average molecular weight is 380 g/mol.